The number of methoxy groups -OCH3 is 2. The number of ketones is 3. The molecular weight excluding hydrogens is 510 g/mol. The number of hydrogen-bond acceptors (Lipinski definition) is 11. The van der Waals surface area contributed by atoms with E-state index in [1.165, 1.54) is 39.3 Å². The first-order valence-corrected chi connectivity index (χ1v) is 12.6. The predicted molar refractivity (Wildman–Crippen MR) is 135 cm³/mol. The Kier molecular flexibility index (Phi) is 6.76. The van der Waals surface area contributed by atoms with Crippen molar-refractivity contribution in [2.24, 2.45) is 5.73 Å². The van der Waals surface area contributed by atoms with E-state index in [0.717, 1.165) is 0 Å². The van der Waals surface area contributed by atoms with E-state index in [-0.39, 0.29) is 40.5 Å². The minimum absolute atomic E-state index is 0.00444. The van der Waals surface area contributed by atoms with E-state index < -0.39 is 76.5 Å². The monoisotopic (exact) mass is 541 g/mol. The van der Waals surface area contributed by atoms with Crippen LogP contribution in [-0.2, 0) is 25.4 Å². The fourth-order valence-electron chi connectivity index (χ4n) is 5.86. The quantitative estimate of drug-likeness (QED) is 0.346. The summed E-state index contributed by atoms with van der Waals surface area (Å²) in [6, 6.07) is 3.81. The Morgan fingerprint density at radius 3 is 2.44 bits per heavy atom. The first-order valence-electron chi connectivity index (χ1n) is 12.6. The van der Waals surface area contributed by atoms with Gasteiger partial charge >= 0.3 is 0 Å². The molecule has 0 unspecified atom stereocenters. The Balaban J connectivity index is 1.67. The van der Waals surface area contributed by atoms with E-state index in [1.54, 1.807) is 6.92 Å². The number of aromatic hydroxyl groups is 2. The molecule has 208 valence electrons. The number of phenols is 2. The second-order valence-electron chi connectivity index (χ2n) is 10.4. The maximum Gasteiger partial charge on any atom is 0.202 e. The van der Waals surface area contributed by atoms with Crippen molar-refractivity contribution in [2.45, 2.75) is 69.4 Å². The van der Waals surface area contributed by atoms with Gasteiger partial charge in [-0.25, -0.2) is 0 Å². The molecule has 2 aromatic carbocycles. The number of aliphatic hydroxyl groups is 1. The molecular formula is C28H31NO10. The van der Waals surface area contributed by atoms with Crippen LogP contribution in [0.5, 0.6) is 17.2 Å². The van der Waals surface area contributed by atoms with E-state index >= 15 is 0 Å². The van der Waals surface area contributed by atoms with E-state index in [9.17, 15) is 29.7 Å². The van der Waals surface area contributed by atoms with Crippen LogP contribution in [0.1, 0.15) is 75.8 Å². The number of phenolic OH excluding ortho intramolecular Hbond substituents is 2. The van der Waals surface area contributed by atoms with Gasteiger partial charge in [-0.1, -0.05) is 12.1 Å². The SMILES string of the molecule is COc1cccc2c1C(=O)c1c(O)c3c(c(O)c1C2=O)C[C@@](O)(C(C)=O)C[C@@H]3O[C@@H]1O[C@@H](C)[C@H](OC)C[C@H]1N. The molecule has 5 N–H and O–H groups in total. The zero-order valence-corrected chi connectivity index (χ0v) is 22.0. The zero-order valence-electron chi connectivity index (χ0n) is 22.0. The van der Waals surface area contributed by atoms with Gasteiger partial charge in [-0.15, -0.1) is 0 Å². The second-order valence-corrected chi connectivity index (χ2v) is 10.4. The van der Waals surface area contributed by atoms with Crippen LogP contribution in [0.25, 0.3) is 0 Å². The molecule has 11 nitrogen and oxygen atoms in total. The van der Waals surface area contributed by atoms with Crippen molar-refractivity contribution in [1.82, 2.24) is 0 Å². The van der Waals surface area contributed by atoms with Crippen LogP contribution >= 0.6 is 0 Å². The van der Waals surface area contributed by atoms with Crippen molar-refractivity contribution < 1.29 is 48.7 Å². The Hall–Kier alpha value is -3.35. The highest BCUT2D eigenvalue weighted by Gasteiger charge is 2.49. The van der Waals surface area contributed by atoms with Gasteiger partial charge in [0.2, 0.25) is 5.78 Å². The minimum atomic E-state index is -1.99. The van der Waals surface area contributed by atoms with E-state index in [0.29, 0.717) is 6.42 Å². The average Bonchev–Trinajstić information content (AvgIpc) is 2.90. The molecule has 3 aliphatic rings. The van der Waals surface area contributed by atoms with Gasteiger partial charge in [-0.3, -0.25) is 14.4 Å². The first-order chi connectivity index (χ1) is 18.4. The lowest BCUT2D eigenvalue weighted by molar-refractivity contribution is -0.253. The fourth-order valence-corrected chi connectivity index (χ4v) is 5.86. The standard InChI is InChI=1S/C28H31NO10/c1-11-17(37-4)8-15(29)27(38-11)39-18-10-28(35,12(2)30)9-14-20(18)26(34)22-21(24(14)32)23(31)13-6-5-7-16(36-3)19(13)25(22)33/h5-7,11,15,17-18,27,32,34-35H,8-10,29H2,1-4H3/t11-,15+,17+,18-,27-,28-/m0/s1. The third kappa shape index (κ3) is 4.12. The summed E-state index contributed by atoms with van der Waals surface area (Å²) in [5.74, 6) is -3.09. The number of carbonyl (C=O) groups excluding carboxylic acids is 3. The van der Waals surface area contributed by atoms with Crippen LogP contribution in [0.4, 0.5) is 0 Å². The number of fused-ring (bicyclic) bond motifs is 3. The molecule has 1 aliphatic heterocycles. The predicted octanol–water partition coefficient (Wildman–Crippen LogP) is 1.68. The number of rotatable bonds is 5. The van der Waals surface area contributed by atoms with Crippen molar-refractivity contribution in [3.8, 4) is 17.2 Å². The molecule has 1 heterocycles. The molecule has 39 heavy (non-hydrogen) atoms. The largest absolute Gasteiger partial charge is 0.507 e. The second kappa shape index (κ2) is 9.68. The minimum Gasteiger partial charge on any atom is -0.507 e. The molecule has 1 fully saturated rings. The summed E-state index contributed by atoms with van der Waals surface area (Å²) in [6.07, 6.45) is -3.24. The van der Waals surface area contributed by atoms with Gasteiger partial charge in [-0.05, 0) is 26.3 Å². The highest BCUT2D eigenvalue weighted by atomic mass is 16.7. The number of Topliss-reactive ketones (excluding diaryl/α,β-unsaturated/α-hetero) is 1. The molecule has 0 saturated carbocycles. The van der Waals surface area contributed by atoms with Gasteiger partial charge in [0.25, 0.3) is 0 Å². The summed E-state index contributed by atoms with van der Waals surface area (Å²) in [6.45, 7) is 2.98. The third-order valence-electron chi connectivity index (χ3n) is 8.06. The van der Waals surface area contributed by atoms with Gasteiger partial charge in [0.1, 0.15) is 22.8 Å². The average molecular weight is 542 g/mol. The van der Waals surface area contributed by atoms with Crippen molar-refractivity contribution >= 4 is 17.3 Å². The fraction of sp³-hybridized carbons (Fsp3) is 0.464. The highest BCUT2D eigenvalue weighted by molar-refractivity contribution is 6.31. The molecule has 2 aromatic rings. The maximum absolute atomic E-state index is 13.7. The number of nitrogens with two attached hydrogens (primary N) is 1. The van der Waals surface area contributed by atoms with Gasteiger partial charge in [0.15, 0.2) is 17.9 Å². The molecule has 0 amide bonds. The molecule has 0 spiro atoms. The van der Waals surface area contributed by atoms with E-state index in [2.05, 4.69) is 0 Å². The van der Waals surface area contributed by atoms with Crippen LogP contribution in [0.15, 0.2) is 18.2 Å². The summed E-state index contributed by atoms with van der Waals surface area (Å²) < 4.78 is 22.8. The third-order valence-corrected chi connectivity index (χ3v) is 8.06. The van der Waals surface area contributed by atoms with Gasteiger partial charge < -0.3 is 40.0 Å². The smallest absolute Gasteiger partial charge is 0.202 e. The number of carbonyl (C=O) groups is 3. The number of benzene rings is 2. The lowest BCUT2D eigenvalue weighted by atomic mass is 9.72. The van der Waals surface area contributed by atoms with E-state index in [1.807, 2.05) is 0 Å². The van der Waals surface area contributed by atoms with Crippen molar-refractivity contribution in [2.75, 3.05) is 14.2 Å². The molecule has 0 aromatic heterocycles. The van der Waals surface area contributed by atoms with Crippen molar-refractivity contribution in [3.05, 3.63) is 51.6 Å². The number of ether oxygens (including phenoxy) is 4. The van der Waals surface area contributed by atoms with Crippen LogP contribution in [-0.4, -0.2) is 77.0 Å². The first kappa shape index (κ1) is 27.2. The topological polar surface area (TPSA) is 175 Å². The summed E-state index contributed by atoms with van der Waals surface area (Å²) >= 11 is 0. The normalized spacial score (nSPS) is 29.8. The molecule has 0 radical (unpaired) electrons. The molecule has 2 aliphatic carbocycles. The summed E-state index contributed by atoms with van der Waals surface area (Å²) in [5, 5.41) is 34.2. The summed E-state index contributed by atoms with van der Waals surface area (Å²) in [7, 11) is 2.89. The van der Waals surface area contributed by atoms with Crippen molar-refractivity contribution in [3.63, 3.8) is 0 Å². The number of hydrogen-bond donors (Lipinski definition) is 4. The van der Waals surface area contributed by atoms with Crippen LogP contribution in [0, 0.1) is 0 Å². The Morgan fingerprint density at radius 2 is 1.79 bits per heavy atom. The van der Waals surface area contributed by atoms with E-state index in [4.69, 9.17) is 24.7 Å². The maximum atomic E-state index is 13.7. The Morgan fingerprint density at radius 1 is 1.10 bits per heavy atom. The molecule has 0 bridgehead atoms. The summed E-state index contributed by atoms with van der Waals surface area (Å²) in [5.41, 5.74) is 3.35. The summed E-state index contributed by atoms with van der Waals surface area (Å²) in [4.78, 5) is 39.8. The lowest BCUT2D eigenvalue weighted by Crippen LogP contribution is -2.53. The van der Waals surface area contributed by atoms with Gasteiger partial charge in [0.05, 0.1) is 48.2 Å². The van der Waals surface area contributed by atoms with Gasteiger partial charge in [0, 0.05) is 36.6 Å². The van der Waals surface area contributed by atoms with Crippen molar-refractivity contribution in [1.29, 1.82) is 0 Å². The van der Waals surface area contributed by atoms with Crippen LogP contribution < -0.4 is 10.5 Å². The molecule has 11 heteroatoms. The molecule has 6 atom stereocenters. The highest BCUT2D eigenvalue weighted by Crippen LogP contribution is 2.52. The lowest BCUT2D eigenvalue weighted by Gasteiger charge is -2.43. The molecule has 5 rings (SSSR count). The van der Waals surface area contributed by atoms with Gasteiger partial charge in [-0.2, -0.15) is 0 Å². The Labute approximate surface area is 224 Å². The van der Waals surface area contributed by atoms with Crippen LogP contribution in [0.2, 0.25) is 0 Å². The Bertz CT molecular complexity index is 1390. The molecule has 1 saturated heterocycles. The zero-order chi connectivity index (χ0) is 28.4. The van der Waals surface area contributed by atoms with Crippen LogP contribution in [0.3, 0.4) is 0 Å².